The van der Waals surface area contributed by atoms with Crippen molar-refractivity contribution in [2.45, 2.75) is 65.7 Å². The van der Waals surface area contributed by atoms with Crippen LogP contribution >= 0.6 is 0 Å². The minimum atomic E-state index is 0.249. The number of anilines is 1. The number of aryl methyl sites for hydroxylation is 2. The lowest BCUT2D eigenvalue weighted by Crippen LogP contribution is -2.54. The van der Waals surface area contributed by atoms with Crippen molar-refractivity contribution in [3.8, 4) is 0 Å². The van der Waals surface area contributed by atoms with Crippen LogP contribution < -0.4 is 4.90 Å². The minimum absolute atomic E-state index is 0.249. The Labute approximate surface area is 157 Å². The lowest BCUT2D eigenvalue weighted by molar-refractivity contribution is -0.138. The number of aromatic nitrogens is 2. The van der Waals surface area contributed by atoms with Crippen molar-refractivity contribution < 1.29 is 4.79 Å². The third-order valence-electron chi connectivity index (χ3n) is 6.54. The van der Waals surface area contributed by atoms with Crippen LogP contribution in [0.5, 0.6) is 0 Å². The van der Waals surface area contributed by atoms with Gasteiger partial charge in [-0.2, -0.15) is 0 Å². The second-order valence-electron chi connectivity index (χ2n) is 8.75. The van der Waals surface area contributed by atoms with Crippen molar-refractivity contribution in [1.29, 1.82) is 0 Å². The van der Waals surface area contributed by atoms with Crippen molar-refractivity contribution in [3.63, 3.8) is 0 Å². The van der Waals surface area contributed by atoms with Crippen molar-refractivity contribution >= 4 is 11.7 Å². The van der Waals surface area contributed by atoms with Gasteiger partial charge >= 0.3 is 0 Å². The van der Waals surface area contributed by atoms with Gasteiger partial charge in [0.15, 0.2) is 0 Å². The summed E-state index contributed by atoms with van der Waals surface area (Å²) < 4.78 is 0. The molecule has 1 spiro atoms. The first-order valence-electron chi connectivity index (χ1n) is 10.4. The summed E-state index contributed by atoms with van der Waals surface area (Å²) in [5, 5.41) is 0. The highest BCUT2D eigenvalue weighted by Gasteiger charge is 2.43. The van der Waals surface area contributed by atoms with E-state index in [0.29, 0.717) is 5.91 Å². The monoisotopic (exact) mass is 356 g/mol. The molecule has 2 saturated heterocycles. The number of piperidine rings is 2. The second-order valence-corrected chi connectivity index (χ2v) is 8.75. The zero-order valence-corrected chi connectivity index (χ0v) is 16.6. The molecule has 1 aromatic heterocycles. The normalized spacial score (nSPS) is 26.7. The molecule has 3 aliphatic rings. The van der Waals surface area contributed by atoms with E-state index in [9.17, 15) is 4.79 Å². The van der Waals surface area contributed by atoms with E-state index >= 15 is 0 Å². The molecule has 5 nitrogen and oxygen atoms in total. The Balaban J connectivity index is 1.56. The van der Waals surface area contributed by atoms with Gasteiger partial charge in [-0.25, -0.2) is 9.97 Å². The largest absolute Gasteiger partial charge is 0.356 e. The molecule has 1 saturated carbocycles. The van der Waals surface area contributed by atoms with Gasteiger partial charge in [0, 0.05) is 49.3 Å². The molecule has 3 heterocycles. The van der Waals surface area contributed by atoms with Crippen LogP contribution in [0.25, 0.3) is 0 Å². The smallest absolute Gasteiger partial charge is 0.222 e. The number of amides is 1. The fourth-order valence-corrected chi connectivity index (χ4v) is 5.00. The number of rotatable bonds is 4. The molecule has 0 unspecified atom stereocenters. The predicted octanol–water partition coefficient (Wildman–Crippen LogP) is 3.27. The van der Waals surface area contributed by atoms with Crippen LogP contribution in [0.4, 0.5) is 5.82 Å². The molecule has 2 aliphatic heterocycles. The van der Waals surface area contributed by atoms with E-state index in [-0.39, 0.29) is 5.41 Å². The van der Waals surface area contributed by atoms with Crippen LogP contribution in [0, 0.1) is 25.2 Å². The number of hydrogen-bond donors (Lipinski definition) is 0. The Morgan fingerprint density at radius 1 is 1.15 bits per heavy atom. The molecular weight excluding hydrogens is 324 g/mol. The van der Waals surface area contributed by atoms with Crippen LogP contribution in [0.2, 0.25) is 0 Å². The third-order valence-corrected chi connectivity index (χ3v) is 6.54. The lowest BCUT2D eigenvalue weighted by atomic mass is 9.73. The number of nitrogens with zero attached hydrogens (tertiary/aromatic N) is 4. The van der Waals surface area contributed by atoms with Gasteiger partial charge in [-0.1, -0.05) is 6.92 Å². The lowest BCUT2D eigenvalue weighted by Gasteiger charge is -2.49. The average molecular weight is 357 g/mol. The summed E-state index contributed by atoms with van der Waals surface area (Å²) in [6, 6.07) is 0. The molecule has 0 aromatic carbocycles. The maximum atomic E-state index is 12.4. The van der Waals surface area contributed by atoms with E-state index in [1.54, 1.807) is 0 Å². The van der Waals surface area contributed by atoms with Crippen molar-refractivity contribution in [1.82, 2.24) is 14.9 Å². The Morgan fingerprint density at radius 3 is 2.69 bits per heavy atom. The zero-order chi connectivity index (χ0) is 18.3. The molecule has 26 heavy (non-hydrogen) atoms. The minimum Gasteiger partial charge on any atom is -0.356 e. The first-order chi connectivity index (χ1) is 12.5. The summed E-state index contributed by atoms with van der Waals surface area (Å²) in [4.78, 5) is 26.5. The van der Waals surface area contributed by atoms with Gasteiger partial charge in [0.2, 0.25) is 5.91 Å². The number of carbonyl (C=O) groups is 1. The van der Waals surface area contributed by atoms with E-state index in [1.165, 1.54) is 31.2 Å². The van der Waals surface area contributed by atoms with E-state index in [4.69, 9.17) is 4.98 Å². The van der Waals surface area contributed by atoms with E-state index in [1.807, 2.05) is 6.92 Å². The van der Waals surface area contributed by atoms with Crippen LogP contribution in [0.1, 0.15) is 62.5 Å². The van der Waals surface area contributed by atoms with E-state index < -0.39 is 0 Å². The summed E-state index contributed by atoms with van der Waals surface area (Å²) in [6.07, 6.45) is 7.78. The number of carbonyl (C=O) groups excluding carboxylic acids is 1. The van der Waals surface area contributed by atoms with Gasteiger partial charge in [0.05, 0.1) is 0 Å². The zero-order valence-electron chi connectivity index (χ0n) is 16.6. The maximum absolute atomic E-state index is 12.4. The standard InChI is InChI=1S/C21H32N4O/c1-4-18-15(2)22-16(3)23-20(18)24-11-5-9-21(13-24)10-8-19(26)25(14-21)12-17-6-7-17/h17H,4-14H2,1-3H3/t21-/m1/s1. The molecular formula is C21H32N4O. The fraction of sp³-hybridized carbons (Fsp3) is 0.762. The first-order valence-corrected chi connectivity index (χ1v) is 10.4. The fourth-order valence-electron chi connectivity index (χ4n) is 5.00. The molecule has 1 amide bonds. The van der Waals surface area contributed by atoms with Gasteiger partial charge in [-0.3, -0.25) is 4.79 Å². The highest BCUT2D eigenvalue weighted by atomic mass is 16.2. The van der Waals surface area contributed by atoms with Crippen LogP contribution in [0.3, 0.4) is 0 Å². The molecule has 0 N–H and O–H groups in total. The molecule has 0 radical (unpaired) electrons. The SMILES string of the molecule is CCc1c(C)nc(C)nc1N1CCC[C@@]2(CCC(=O)N(CC3CC3)C2)C1. The quantitative estimate of drug-likeness (QED) is 0.831. The van der Waals surface area contributed by atoms with Crippen molar-refractivity contribution in [2.75, 3.05) is 31.1 Å². The topological polar surface area (TPSA) is 49.3 Å². The van der Waals surface area contributed by atoms with Gasteiger partial charge in [-0.15, -0.1) is 0 Å². The molecule has 3 fully saturated rings. The van der Waals surface area contributed by atoms with Gasteiger partial charge < -0.3 is 9.80 Å². The number of hydrogen-bond acceptors (Lipinski definition) is 4. The highest BCUT2D eigenvalue weighted by Crippen LogP contribution is 2.42. The molecule has 0 bridgehead atoms. The third kappa shape index (κ3) is 3.45. The molecule has 5 heteroatoms. The Kier molecular flexibility index (Phi) is 4.66. The molecule has 1 aromatic rings. The Bertz CT molecular complexity index is 699. The second kappa shape index (κ2) is 6.82. The molecule has 1 atom stereocenters. The maximum Gasteiger partial charge on any atom is 0.222 e. The summed E-state index contributed by atoms with van der Waals surface area (Å²) in [6.45, 7) is 10.3. The first kappa shape index (κ1) is 17.7. The van der Waals surface area contributed by atoms with Crippen molar-refractivity contribution in [3.05, 3.63) is 17.1 Å². The van der Waals surface area contributed by atoms with Crippen molar-refractivity contribution in [2.24, 2.45) is 11.3 Å². The van der Waals surface area contributed by atoms with E-state index in [2.05, 4.69) is 28.6 Å². The molecule has 142 valence electrons. The highest BCUT2D eigenvalue weighted by molar-refractivity contribution is 5.77. The summed E-state index contributed by atoms with van der Waals surface area (Å²) in [5.41, 5.74) is 2.65. The van der Waals surface area contributed by atoms with Gasteiger partial charge in [0.25, 0.3) is 0 Å². The van der Waals surface area contributed by atoms with Crippen LogP contribution in [0.15, 0.2) is 0 Å². The van der Waals surface area contributed by atoms with Crippen LogP contribution in [-0.4, -0.2) is 47.0 Å². The summed E-state index contributed by atoms with van der Waals surface area (Å²) >= 11 is 0. The number of likely N-dealkylation sites (tertiary alicyclic amines) is 1. The average Bonchev–Trinajstić information content (AvgIpc) is 3.42. The Morgan fingerprint density at radius 2 is 1.96 bits per heavy atom. The van der Waals surface area contributed by atoms with E-state index in [0.717, 1.165) is 68.7 Å². The predicted molar refractivity (Wildman–Crippen MR) is 103 cm³/mol. The van der Waals surface area contributed by atoms with Gasteiger partial charge in [-0.05, 0) is 58.3 Å². The summed E-state index contributed by atoms with van der Waals surface area (Å²) in [5.74, 6) is 3.15. The molecule has 1 aliphatic carbocycles. The Hall–Kier alpha value is -1.65. The summed E-state index contributed by atoms with van der Waals surface area (Å²) in [7, 11) is 0. The molecule has 4 rings (SSSR count). The van der Waals surface area contributed by atoms with Crippen LogP contribution in [-0.2, 0) is 11.2 Å². The van der Waals surface area contributed by atoms with Gasteiger partial charge in [0.1, 0.15) is 11.6 Å².